The van der Waals surface area contributed by atoms with Crippen molar-refractivity contribution in [1.29, 1.82) is 0 Å². The summed E-state index contributed by atoms with van der Waals surface area (Å²) in [6, 6.07) is 11.9. The van der Waals surface area contributed by atoms with Gasteiger partial charge in [-0.05, 0) is 37.1 Å². The zero-order chi connectivity index (χ0) is 14.7. The fraction of sp³-hybridized carbons (Fsp3) is 0.250. The number of hydrogen-bond acceptors (Lipinski definition) is 1. The molecule has 1 unspecified atom stereocenters. The van der Waals surface area contributed by atoms with Crippen LogP contribution >= 0.6 is 39.1 Å². The fourth-order valence-electron chi connectivity index (χ4n) is 2.08. The number of methoxy groups -OCH3 is 1. The standard InChI is InChI=1S/C16H15BrCl2O/c1-10-3-6-16(20-2)12(7-10)13(17)8-11-4-5-14(18)15(19)9-11/h3-7,9,13H,8H2,1-2H3. The van der Waals surface area contributed by atoms with Gasteiger partial charge in [0, 0.05) is 10.4 Å². The van der Waals surface area contributed by atoms with Gasteiger partial charge < -0.3 is 4.74 Å². The van der Waals surface area contributed by atoms with Crippen molar-refractivity contribution < 1.29 is 4.74 Å². The van der Waals surface area contributed by atoms with Gasteiger partial charge in [0.15, 0.2) is 0 Å². The summed E-state index contributed by atoms with van der Waals surface area (Å²) in [5.41, 5.74) is 3.47. The first-order valence-electron chi connectivity index (χ1n) is 6.24. The smallest absolute Gasteiger partial charge is 0.123 e. The van der Waals surface area contributed by atoms with Crippen LogP contribution < -0.4 is 4.74 Å². The molecule has 0 radical (unpaired) electrons. The second kappa shape index (κ2) is 6.84. The molecule has 2 rings (SSSR count). The van der Waals surface area contributed by atoms with E-state index in [0.717, 1.165) is 23.3 Å². The monoisotopic (exact) mass is 372 g/mol. The third-order valence-electron chi connectivity index (χ3n) is 3.12. The predicted octanol–water partition coefficient (Wildman–Crippen LogP) is 5.99. The van der Waals surface area contributed by atoms with Gasteiger partial charge in [0.25, 0.3) is 0 Å². The molecule has 0 saturated carbocycles. The molecule has 0 saturated heterocycles. The third-order valence-corrected chi connectivity index (χ3v) is 4.68. The van der Waals surface area contributed by atoms with Gasteiger partial charge in [0.05, 0.1) is 17.2 Å². The summed E-state index contributed by atoms with van der Waals surface area (Å²) in [5.74, 6) is 0.887. The van der Waals surface area contributed by atoms with E-state index in [1.54, 1.807) is 7.11 Å². The highest BCUT2D eigenvalue weighted by atomic mass is 79.9. The van der Waals surface area contributed by atoms with Gasteiger partial charge in [-0.3, -0.25) is 0 Å². The van der Waals surface area contributed by atoms with Crippen molar-refractivity contribution in [3.8, 4) is 5.75 Å². The van der Waals surface area contributed by atoms with E-state index in [4.69, 9.17) is 27.9 Å². The van der Waals surface area contributed by atoms with Crippen LogP contribution in [-0.4, -0.2) is 7.11 Å². The average Bonchev–Trinajstić information content (AvgIpc) is 2.43. The van der Waals surface area contributed by atoms with E-state index in [0.29, 0.717) is 10.0 Å². The number of alkyl halides is 1. The first-order chi connectivity index (χ1) is 9.51. The summed E-state index contributed by atoms with van der Waals surface area (Å²) < 4.78 is 5.42. The summed E-state index contributed by atoms with van der Waals surface area (Å²) in [5, 5.41) is 1.16. The molecule has 0 spiro atoms. The van der Waals surface area contributed by atoms with Gasteiger partial charge in [-0.1, -0.05) is 62.9 Å². The Morgan fingerprint density at radius 3 is 2.50 bits per heavy atom. The second-order valence-electron chi connectivity index (χ2n) is 4.67. The highest BCUT2D eigenvalue weighted by Gasteiger charge is 2.14. The molecule has 0 aliphatic rings. The SMILES string of the molecule is COc1ccc(C)cc1C(Br)Cc1ccc(Cl)c(Cl)c1. The number of benzene rings is 2. The predicted molar refractivity (Wildman–Crippen MR) is 89.6 cm³/mol. The van der Waals surface area contributed by atoms with E-state index in [1.807, 2.05) is 30.3 Å². The Balaban J connectivity index is 2.25. The number of halogens is 3. The van der Waals surface area contributed by atoms with Crippen molar-refractivity contribution in [2.24, 2.45) is 0 Å². The van der Waals surface area contributed by atoms with Crippen molar-refractivity contribution in [2.45, 2.75) is 18.2 Å². The molecular weight excluding hydrogens is 359 g/mol. The Labute approximate surface area is 138 Å². The van der Waals surface area contributed by atoms with E-state index >= 15 is 0 Å². The van der Waals surface area contributed by atoms with Gasteiger partial charge in [-0.25, -0.2) is 0 Å². The van der Waals surface area contributed by atoms with E-state index in [2.05, 4.69) is 28.9 Å². The number of ether oxygens (including phenoxy) is 1. The molecule has 0 fully saturated rings. The Morgan fingerprint density at radius 2 is 1.85 bits per heavy atom. The van der Waals surface area contributed by atoms with E-state index in [9.17, 15) is 0 Å². The van der Waals surface area contributed by atoms with Gasteiger partial charge in [0.2, 0.25) is 0 Å². The lowest BCUT2D eigenvalue weighted by Gasteiger charge is -2.15. The molecule has 1 nitrogen and oxygen atoms in total. The van der Waals surface area contributed by atoms with Crippen molar-refractivity contribution in [1.82, 2.24) is 0 Å². The van der Waals surface area contributed by atoms with Crippen molar-refractivity contribution in [3.05, 3.63) is 63.1 Å². The minimum Gasteiger partial charge on any atom is -0.496 e. The van der Waals surface area contributed by atoms with Crippen LogP contribution in [0.5, 0.6) is 5.75 Å². The Kier molecular flexibility index (Phi) is 5.36. The molecule has 1 atom stereocenters. The maximum absolute atomic E-state index is 6.06. The zero-order valence-electron chi connectivity index (χ0n) is 11.3. The largest absolute Gasteiger partial charge is 0.496 e. The highest BCUT2D eigenvalue weighted by Crippen LogP contribution is 2.35. The quantitative estimate of drug-likeness (QED) is 0.598. The molecule has 0 N–H and O–H groups in total. The Morgan fingerprint density at radius 1 is 1.10 bits per heavy atom. The molecule has 2 aromatic rings. The van der Waals surface area contributed by atoms with Gasteiger partial charge in [-0.15, -0.1) is 0 Å². The molecule has 20 heavy (non-hydrogen) atoms. The minimum absolute atomic E-state index is 0.162. The number of aryl methyl sites for hydroxylation is 1. The van der Waals surface area contributed by atoms with Gasteiger partial charge >= 0.3 is 0 Å². The molecule has 4 heteroatoms. The second-order valence-corrected chi connectivity index (χ2v) is 6.59. The molecule has 2 aromatic carbocycles. The normalized spacial score (nSPS) is 12.2. The van der Waals surface area contributed by atoms with Crippen LogP contribution in [0.2, 0.25) is 10.0 Å². The molecule has 0 bridgehead atoms. The van der Waals surface area contributed by atoms with Crippen molar-refractivity contribution in [3.63, 3.8) is 0 Å². The first kappa shape index (κ1) is 15.7. The van der Waals surface area contributed by atoms with E-state index in [-0.39, 0.29) is 4.83 Å². The van der Waals surface area contributed by atoms with Gasteiger partial charge in [-0.2, -0.15) is 0 Å². The summed E-state index contributed by atoms with van der Waals surface area (Å²) >= 11 is 15.7. The first-order valence-corrected chi connectivity index (χ1v) is 7.91. The maximum atomic E-state index is 6.06. The van der Waals surface area contributed by atoms with Crippen LogP contribution in [0.15, 0.2) is 36.4 Å². The minimum atomic E-state index is 0.162. The topological polar surface area (TPSA) is 9.23 Å². The summed E-state index contributed by atoms with van der Waals surface area (Å²) in [6.45, 7) is 2.07. The number of rotatable bonds is 4. The molecule has 0 aliphatic heterocycles. The molecular formula is C16H15BrCl2O. The van der Waals surface area contributed by atoms with Crippen LogP contribution in [0.4, 0.5) is 0 Å². The Bertz CT molecular complexity index is 613. The van der Waals surface area contributed by atoms with Crippen LogP contribution in [0, 0.1) is 6.92 Å². The average molecular weight is 374 g/mol. The van der Waals surface area contributed by atoms with E-state index < -0.39 is 0 Å². The van der Waals surface area contributed by atoms with Crippen molar-refractivity contribution in [2.75, 3.05) is 7.11 Å². The third kappa shape index (κ3) is 3.69. The van der Waals surface area contributed by atoms with Gasteiger partial charge in [0.1, 0.15) is 5.75 Å². The summed E-state index contributed by atoms with van der Waals surface area (Å²) in [4.78, 5) is 0.162. The molecule has 0 aromatic heterocycles. The maximum Gasteiger partial charge on any atom is 0.123 e. The van der Waals surface area contributed by atoms with E-state index in [1.165, 1.54) is 5.56 Å². The molecule has 0 aliphatic carbocycles. The zero-order valence-corrected chi connectivity index (χ0v) is 14.4. The highest BCUT2D eigenvalue weighted by molar-refractivity contribution is 9.09. The lowest BCUT2D eigenvalue weighted by atomic mass is 10.0. The molecule has 0 amide bonds. The van der Waals surface area contributed by atoms with Crippen molar-refractivity contribution >= 4 is 39.1 Å². The molecule has 106 valence electrons. The molecule has 0 heterocycles. The number of hydrogen-bond donors (Lipinski definition) is 0. The summed E-state index contributed by atoms with van der Waals surface area (Å²) in [7, 11) is 1.69. The lowest BCUT2D eigenvalue weighted by Crippen LogP contribution is -1.99. The fourth-order valence-corrected chi connectivity index (χ4v) is 3.13. The van der Waals surface area contributed by atoms with Crippen LogP contribution in [-0.2, 0) is 6.42 Å². The Hall–Kier alpha value is -0.700. The van der Waals surface area contributed by atoms with Crippen LogP contribution in [0.25, 0.3) is 0 Å². The van der Waals surface area contributed by atoms with Crippen LogP contribution in [0.1, 0.15) is 21.5 Å². The van der Waals surface area contributed by atoms with Crippen LogP contribution in [0.3, 0.4) is 0 Å². The summed E-state index contributed by atoms with van der Waals surface area (Å²) in [6.07, 6.45) is 0.816. The lowest BCUT2D eigenvalue weighted by molar-refractivity contribution is 0.409.